The van der Waals surface area contributed by atoms with E-state index in [1.54, 1.807) is 6.92 Å². The predicted molar refractivity (Wildman–Crippen MR) is 107 cm³/mol. The molecule has 174 valence electrons. The van der Waals surface area contributed by atoms with E-state index in [1.807, 2.05) is 0 Å². The van der Waals surface area contributed by atoms with E-state index >= 15 is 0 Å². The van der Waals surface area contributed by atoms with Crippen molar-refractivity contribution in [1.29, 1.82) is 0 Å². The van der Waals surface area contributed by atoms with Crippen LogP contribution in [0.4, 0.5) is 0 Å². The fourth-order valence-electron chi connectivity index (χ4n) is 3.78. The number of hydrogen-bond donors (Lipinski definition) is 0. The van der Waals surface area contributed by atoms with Gasteiger partial charge in [0, 0.05) is 34.9 Å². The van der Waals surface area contributed by atoms with E-state index in [1.165, 1.54) is 30.2 Å². The number of aryl methyl sites for hydroxylation is 2. The molecule has 4 atom stereocenters. The molecule has 0 amide bonds. The van der Waals surface area contributed by atoms with Gasteiger partial charge in [-0.2, -0.15) is 0 Å². The molecule has 0 bridgehead atoms. The van der Waals surface area contributed by atoms with Gasteiger partial charge in [-0.05, 0) is 6.92 Å². The molecule has 0 saturated carbocycles. The first-order valence-electron chi connectivity index (χ1n) is 9.71. The monoisotopic (exact) mass is 452 g/mol. The lowest BCUT2D eigenvalue weighted by atomic mass is 10.0. The van der Waals surface area contributed by atoms with Crippen molar-refractivity contribution in [1.82, 2.24) is 18.7 Å². The minimum atomic E-state index is -1.28. The fourth-order valence-corrected chi connectivity index (χ4v) is 3.78. The number of esters is 3. The summed E-state index contributed by atoms with van der Waals surface area (Å²) in [6.45, 7) is 4.85. The van der Waals surface area contributed by atoms with Crippen molar-refractivity contribution in [2.45, 2.75) is 52.2 Å². The van der Waals surface area contributed by atoms with E-state index in [-0.39, 0.29) is 23.6 Å². The molecule has 1 aliphatic heterocycles. The molecule has 13 nitrogen and oxygen atoms in total. The van der Waals surface area contributed by atoms with Gasteiger partial charge in [-0.1, -0.05) is 0 Å². The van der Waals surface area contributed by atoms with Gasteiger partial charge in [0.2, 0.25) is 0 Å². The molecule has 0 spiro atoms. The molecule has 13 heteroatoms. The average molecular weight is 452 g/mol. The fraction of sp³-hybridized carbons (Fsp3) is 0.579. The van der Waals surface area contributed by atoms with E-state index in [0.717, 1.165) is 18.4 Å². The highest BCUT2D eigenvalue weighted by Gasteiger charge is 2.48. The lowest BCUT2D eigenvalue weighted by Gasteiger charge is -2.41. The zero-order valence-corrected chi connectivity index (χ0v) is 18.5. The molecule has 0 radical (unpaired) electrons. The molecule has 0 unspecified atom stereocenters. The summed E-state index contributed by atoms with van der Waals surface area (Å²) in [5.41, 5.74) is -1.07. The highest BCUT2D eigenvalue weighted by Crippen LogP contribution is 2.33. The van der Waals surface area contributed by atoms with Crippen LogP contribution >= 0.6 is 0 Å². The SMILES string of the molecule is CC(=O)O[C@@H]1[C@@H](OC(C)=O)[C@H](OC(C)=O)CO[C@H]1n1c(C)nc2c1c(=O)n(C)c(=O)n2C. The van der Waals surface area contributed by atoms with Crippen molar-refractivity contribution in [2.75, 3.05) is 6.61 Å². The van der Waals surface area contributed by atoms with E-state index in [4.69, 9.17) is 18.9 Å². The normalized spacial score (nSPS) is 23.1. The van der Waals surface area contributed by atoms with Crippen LogP contribution in [0.25, 0.3) is 11.2 Å². The molecule has 0 aliphatic carbocycles. The first-order valence-corrected chi connectivity index (χ1v) is 9.71. The highest BCUT2D eigenvalue weighted by molar-refractivity contribution is 5.71. The zero-order valence-electron chi connectivity index (χ0n) is 18.5. The molecule has 1 fully saturated rings. The minimum Gasteiger partial charge on any atom is -0.456 e. The third-order valence-corrected chi connectivity index (χ3v) is 5.05. The third kappa shape index (κ3) is 4.02. The Balaban J connectivity index is 2.23. The number of rotatable bonds is 4. The lowest BCUT2D eigenvalue weighted by Crippen LogP contribution is -2.55. The Hall–Kier alpha value is -3.48. The number of imidazole rings is 1. The summed E-state index contributed by atoms with van der Waals surface area (Å²) >= 11 is 0. The van der Waals surface area contributed by atoms with Gasteiger partial charge in [0.05, 0.1) is 6.61 Å². The van der Waals surface area contributed by atoms with Crippen LogP contribution in [0.5, 0.6) is 0 Å². The van der Waals surface area contributed by atoms with E-state index in [9.17, 15) is 24.0 Å². The topological polar surface area (TPSA) is 150 Å². The first kappa shape index (κ1) is 23.2. The quantitative estimate of drug-likeness (QED) is 0.420. The molecule has 32 heavy (non-hydrogen) atoms. The van der Waals surface area contributed by atoms with Crippen molar-refractivity contribution < 1.29 is 33.3 Å². The largest absolute Gasteiger partial charge is 0.456 e. The Labute approximate surface area is 181 Å². The summed E-state index contributed by atoms with van der Waals surface area (Å²) in [6.07, 6.45) is -4.72. The van der Waals surface area contributed by atoms with Gasteiger partial charge in [0.15, 0.2) is 35.7 Å². The van der Waals surface area contributed by atoms with E-state index in [2.05, 4.69) is 4.98 Å². The van der Waals surface area contributed by atoms with Crippen LogP contribution in [0, 0.1) is 6.92 Å². The molecule has 0 N–H and O–H groups in total. The summed E-state index contributed by atoms with van der Waals surface area (Å²) in [5.74, 6) is -1.78. The Morgan fingerprint density at radius 1 is 0.938 bits per heavy atom. The smallest absolute Gasteiger partial charge is 0.332 e. The Kier molecular flexibility index (Phi) is 6.21. The Bertz CT molecular complexity index is 1210. The maximum atomic E-state index is 12.9. The van der Waals surface area contributed by atoms with E-state index in [0.29, 0.717) is 0 Å². The second kappa shape index (κ2) is 8.57. The molecule has 3 rings (SSSR count). The van der Waals surface area contributed by atoms with Crippen LogP contribution in [0.1, 0.15) is 32.8 Å². The summed E-state index contributed by atoms with van der Waals surface area (Å²) in [4.78, 5) is 64.8. The number of carbonyl (C=O) groups excluding carboxylic acids is 3. The molecule has 0 aromatic carbocycles. The first-order chi connectivity index (χ1) is 14.9. The van der Waals surface area contributed by atoms with Crippen molar-refractivity contribution >= 4 is 29.1 Å². The predicted octanol–water partition coefficient (Wildman–Crippen LogP) is -0.934. The van der Waals surface area contributed by atoms with Crippen LogP contribution in [-0.4, -0.2) is 61.5 Å². The minimum absolute atomic E-state index is 0.0294. The van der Waals surface area contributed by atoms with Crippen LogP contribution in [0.15, 0.2) is 9.59 Å². The summed E-state index contributed by atoms with van der Waals surface area (Å²) in [6, 6.07) is 0. The lowest BCUT2D eigenvalue weighted by molar-refractivity contribution is -0.239. The van der Waals surface area contributed by atoms with Gasteiger partial charge >= 0.3 is 23.6 Å². The van der Waals surface area contributed by atoms with Gasteiger partial charge < -0.3 is 18.9 Å². The van der Waals surface area contributed by atoms with Crippen molar-refractivity contribution in [3.8, 4) is 0 Å². The van der Waals surface area contributed by atoms with Gasteiger partial charge in [-0.15, -0.1) is 0 Å². The summed E-state index contributed by atoms with van der Waals surface area (Å²) in [7, 11) is 2.78. The number of aromatic nitrogens is 4. The second-order valence-electron chi connectivity index (χ2n) is 7.43. The van der Waals surface area contributed by atoms with Gasteiger partial charge in [-0.3, -0.25) is 32.9 Å². The van der Waals surface area contributed by atoms with Crippen LogP contribution in [-0.2, 0) is 47.4 Å². The maximum absolute atomic E-state index is 12.9. The molecule has 2 aromatic rings. The average Bonchev–Trinajstić information content (AvgIpc) is 3.03. The summed E-state index contributed by atoms with van der Waals surface area (Å²) < 4.78 is 25.3. The standard InChI is InChI=1S/C19H24N4O9/c1-8-20-16-13(17(27)22(6)19(28)21(16)5)23(8)18-15(32-11(4)26)14(31-10(3)25)12(7-29-18)30-9(2)24/h12,14-15,18H,7H2,1-6H3/t12-,14+,15-,18-/m1/s1. The molecular formula is C19H24N4O9. The number of hydrogen-bond acceptors (Lipinski definition) is 10. The van der Waals surface area contributed by atoms with Crippen LogP contribution < -0.4 is 11.2 Å². The van der Waals surface area contributed by atoms with Crippen LogP contribution in [0.2, 0.25) is 0 Å². The highest BCUT2D eigenvalue weighted by atomic mass is 16.6. The molecule has 1 aliphatic rings. The second-order valence-corrected chi connectivity index (χ2v) is 7.43. The molecular weight excluding hydrogens is 428 g/mol. The molecule has 3 heterocycles. The van der Waals surface area contributed by atoms with E-state index < -0.39 is 53.7 Å². The van der Waals surface area contributed by atoms with Crippen molar-refractivity contribution in [3.05, 3.63) is 26.7 Å². The number of nitrogens with zero attached hydrogens (tertiary/aromatic N) is 4. The maximum Gasteiger partial charge on any atom is 0.332 e. The van der Waals surface area contributed by atoms with Crippen LogP contribution in [0.3, 0.4) is 0 Å². The number of ether oxygens (including phenoxy) is 4. The Morgan fingerprint density at radius 3 is 2.06 bits per heavy atom. The number of carbonyl (C=O) groups is 3. The third-order valence-electron chi connectivity index (χ3n) is 5.05. The van der Waals surface area contributed by atoms with Crippen molar-refractivity contribution in [2.24, 2.45) is 14.1 Å². The molecule has 1 saturated heterocycles. The zero-order chi connectivity index (χ0) is 23.9. The Morgan fingerprint density at radius 2 is 1.50 bits per heavy atom. The van der Waals surface area contributed by atoms with Gasteiger partial charge in [0.25, 0.3) is 5.56 Å². The molecule has 2 aromatic heterocycles. The number of fused-ring (bicyclic) bond motifs is 1. The summed E-state index contributed by atoms with van der Waals surface area (Å²) in [5, 5.41) is 0. The van der Waals surface area contributed by atoms with Gasteiger partial charge in [0.1, 0.15) is 5.82 Å². The van der Waals surface area contributed by atoms with Crippen molar-refractivity contribution in [3.63, 3.8) is 0 Å². The van der Waals surface area contributed by atoms with Gasteiger partial charge in [-0.25, -0.2) is 9.78 Å².